The maximum atomic E-state index is 11.6. The van der Waals surface area contributed by atoms with Crippen molar-refractivity contribution in [2.24, 2.45) is 11.8 Å². The van der Waals surface area contributed by atoms with Gasteiger partial charge in [-0.05, 0) is 60.3 Å². The number of hydroxylamine groups is 2. The van der Waals surface area contributed by atoms with Crippen molar-refractivity contribution in [1.82, 2.24) is 5.06 Å². The second kappa shape index (κ2) is 6.98. The zero-order chi connectivity index (χ0) is 18.9. The molecule has 0 amide bonds. The molecule has 0 radical (unpaired) electrons. The van der Waals surface area contributed by atoms with E-state index in [0.717, 1.165) is 0 Å². The Balaban J connectivity index is 3.01. The van der Waals surface area contributed by atoms with Crippen molar-refractivity contribution in [2.75, 3.05) is 6.61 Å². The number of aliphatic hydroxyl groups is 1. The lowest BCUT2D eigenvalue weighted by molar-refractivity contribution is -0.304. The maximum absolute atomic E-state index is 11.6. The van der Waals surface area contributed by atoms with E-state index in [4.69, 9.17) is 9.94 Å². The van der Waals surface area contributed by atoms with Crippen molar-refractivity contribution in [1.29, 1.82) is 0 Å². The molecule has 0 saturated carbocycles. The van der Waals surface area contributed by atoms with Gasteiger partial charge < -0.3 is 15.3 Å². The summed E-state index contributed by atoms with van der Waals surface area (Å²) in [6.45, 7) is 11.2. The highest BCUT2D eigenvalue weighted by atomic mass is 16.7. The lowest BCUT2D eigenvalue weighted by atomic mass is 9.69. The fourth-order valence-electron chi connectivity index (χ4n) is 3.84. The zero-order valence-corrected chi connectivity index (χ0v) is 15.5. The van der Waals surface area contributed by atoms with Gasteiger partial charge in [0.1, 0.15) is 0 Å². The molecule has 1 heterocycles. The van der Waals surface area contributed by atoms with Crippen LogP contribution >= 0.6 is 0 Å². The molecule has 0 aromatic rings. The summed E-state index contributed by atoms with van der Waals surface area (Å²) in [5, 5.41) is 30.2. The van der Waals surface area contributed by atoms with Crippen LogP contribution in [0.5, 0.6) is 0 Å². The van der Waals surface area contributed by atoms with Crippen LogP contribution < -0.4 is 0 Å². The topological polar surface area (TPSA) is 107 Å². The van der Waals surface area contributed by atoms with Crippen LogP contribution in [0.1, 0.15) is 60.8 Å². The molecule has 0 aliphatic carbocycles. The van der Waals surface area contributed by atoms with Crippen LogP contribution in [0.3, 0.4) is 0 Å². The molecular formula is C17H31NO6. The van der Waals surface area contributed by atoms with E-state index in [-0.39, 0.29) is 18.9 Å². The van der Waals surface area contributed by atoms with Gasteiger partial charge in [-0.1, -0.05) is 0 Å². The molecule has 7 heteroatoms. The third kappa shape index (κ3) is 5.43. The molecule has 1 saturated heterocycles. The normalized spacial score (nSPS) is 23.0. The number of rotatable bonds is 7. The van der Waals surface area contributed by atoms with Crippen molar-refractivity contribution in [3.8, 4) is 0 Å². The molecule has 7 nitrogen and oxygen atoms in total. The van der Waals surface area contributed by atoms with Gasteiger partial charge in [-0.25, -0.2) is 0 Å². The third-order valence-electron chi connectivity index (χ3n) is 4.45. The fourth-order valence-corrected chi connectivity index (χ4v) is 3.84. The summed E-state index contributed by atoms with van der Waals surface area (Å²) in [5.74, 6) is -3.35. The van der Waals surface area contributed by atoms with E-state index in [2.05, 4.69) is 0 Å². The van der Waals surface area contributed by atoms with Crippen LogP contribution in [0, 0.1) is 11.8 Å². The molecule has 1 unspecified atom stereocenters. The number of hydrogen-bond acceptors (Lipinski definition) is 5. The van der Waals surface area contributed by atoms with Gasteiger partial charge in [0.05, 0.1) is 24.5 Å². The summed E-state index contributed by atoms with van der Waals surface area (Å²) in [6.07, 6.45) is 0.635. The number of carboxylic acids is 2. The number of carbonyl (C=O) groups is 2. The summed E-state index contributed by atoms with van der Waals surface area (Å²) in [4.78, 5) is 28.5. The minimum atomic E-state index is -1.10. The van der Waals surface area contributed by atoms with Gasteiger partial charge in [0.25, 0.3) is 0 Å². The average Bonchev–Trinajstić information content (AvgIpc) is 2.30. The molecule has 0 bridgehead atoms. The fraction of sp³-hybridized carbons (Fsp3) is 0.882. The number of hydrogen-bond donors (Lipinski definition) is 3. The van der Waals surface area contributed by atoms with Crippen molar-refractivity contribution < 1.29 is 29.7 Å². The van der Waals surface area contributed by atoms with Crippen molar-refractivity contribution in [3.05, 3.63) is 0 Å². The number of carboxylic acid groups (broad SMARTS) is 2. The minimum Gasteiger partial charge on any atom is -0.481 e. The van der Waals surface area contributed by atoms with Crippen molar-refractivity contribution >= 4 is 11.9 Å². The van der Waals surface area contributed by atoms with Gasteiger partial charge in [0.2, 0.25) is 0 Å². The summed E-state index contributed by atoms with van der Waals surface area (Å²) in [7, 11) is 0. The first kappa shape index (κ1) is 20.9. The smallest absolute Gasteiger partial charge is 0.307 e. The first-order valence-electron chi connectivity index (χ1n) is 8.26. The quantitative estimate of drug-likeness (QED) is 0.649. The lowest BCUT2D eigenvalue weighted by Gasteiger charge is -2.55. The van der Waals surface area contributed by atoms with Gasteiger partial charge in [-0.15, -0.1) is 0 Å². The zero-order valence-electron chi connectivity index (χ0n) is 15.5. The molecule has 1 fully saturated rings. The Morgan fingerprint density at radius 1 is 1.17 bits per heavy atom. The summed E-state index contributed by atoms with van der Waals surface area (Å²) >= 11 is 0. The van der Waals surface area contributed by atoms with Gasteiger partial charge >= 0.3 is 11.9 Å². The van der Waals surface area contributed by atoms with E-state index in [9.17, 15) is 19.8 Å². The molecule has 0 aromatic carbocycles. The summed E-state index contributed by atoms with van der Waals surface area (Å²) in [5.41, 5.74) is -1.94. The lowest BCUT2D eigenvalue weighted by Crippen LogP contribution is -2.62. The van der Waals surface area contributed by atoms with E-state index in [1.54, 1.807) is 13.8 Å². The molecule has 1 atom stereocenters. The predicted octanol–water partition coefficient (Wildman–Crippen LogP) is 2.13. The Morgan fingerprint density at radius 3 is 1.96 bits per heavy atom. The average molecular weight is 345 g/mol. The number of piperidine rings is 1. The Kier molecular flexibility index (Phi) is 6.07. The third-order valence-corrected chi connectivity index (χ3v) is 4.45. The molecule has 3 N–H and O–H groups in total. The molecule has 0 spiro atoms. The van der Waals surface area contributed by atoms with Gasteiger partial charge in [0, 0.05) is 11.1 Å². The maximum Gasteiger partial charge on any atom is 0.307 e. The van der Waals surface area contributed by atoms with E-state index in [1.807, 2.05) is 32.8 Å². The molecule has 1 aliphatic rings. The second-order valence-corrected chi connectivity index (χ2v) is 8.72. The van der Waals surface area contributed by atoms with Crippen LogP contribution in [0.15, 0.2) is 0 Å². The highest BCUT2D eigenvalue weighted by Crippen LogP contribution is 2.45. The van der Waals surface area contributed by atoms with Gasteiger partial charge in [0.15, 0.2) is 0 Å². The highest BCUT2D eigenvalue weighted by molar-refractivity contribution is 5.78. The van der Waals surface area contributed by atoms with Crippen LogP contribution in [-0.2, 0) is 14.4 Å². The van der Waals surface area contributed by atoms with E-state index in [1.165, 1.54) is 0 Å². The SMILES string of the molecule is CC(C)(O)CON1C(C)(C)CC(C(CC(=O)O)C(=O)O)CC1(C)C. The van der Waals surface area contributed by atoms with E-state index >= 15 is 0 Å². The number of aliphatic carboxylic acids is 2. The Hall–Kier alpha value is -1.18. The summed E-state index contributed by atoms with van der Waals surface area (Å²) < 4.78 is 0. The second-order valence-electron chi connectivity index (χ2n) is 8.72. The van der Waals surface area contributed by atoms with Crippen molar-refractivity contribution in [3.63, 3.8) is 0 Å². The largest absolute Gasteiger partial charge is 0.481 e. The summed E-state index contributed by atoms with van der Waals surface area (Å²) in [6, 6.07) is 0. The predicted molar refractivity (Wildman–Crippen MR) is 88.3 cm³/mol. The molecule has 24 heavy (non-hydrogen) atoms. The van der Waals surface area contributed by atoms with Crippen LogP contribution in [0.25, 0.3) is 0 Å². The van der Waals surface area contributed by atoms with E-state index in [0.29, 0.717) is 12.8 Å². The van der Waals surface area contributed by atoms with Crippen molar-refractivity contribution in [2.45, 2.75) is 77.5 Å². The molecule has 1 aliphatic heterocycles. The van der Waals surface area contributed by atoms with Gasteiger partial charge in [-0.3, -0.25) is 14.4 Å². The standard InChI is InChI=1S/C17H31NO6/c1-15(2)8-11(12(14(21)22)7-13(19)20)9-16(3,4)18(15)24-10-17(5,6)23/h11-12,23H,7-10H2,1-6H3,(H,19,20)(H,21,22). The minimum absolute atomic E-state index is 0.127. The van der Waals surface area contributed by atoms with Gasteiger partial charge in [-0.2, -0.15) is 5.06 Å². The van der Waals surface area contributed by atoms with Crippen LogP contribution in [0.4, 0.5) is 0 Å². The molecular weight excluding hydrogens is 314 g/mol. The number of nitrogens with zero attached hydrogens (tertiary/aromatic N) is 1. The van der Waals surface area contributed by atoms with E-state index < -0.39 is 34.5 Å². The molecule has 0 aromatic heterocycles. The highest BCUT2D eigenvalue weighted by Gasteiger charge is 2.50. The molecule has 1 rings (SSSR count). The first-order chi connectivity index (χ1) is 10.7. The monoisotopic (exact) mass is 345 g/mol. The molecule has 140 valence electrons. The first-order valence-corrected chi connectivity index (χ1v) is 8.26. The van der Waals surface area contributed by atoms with Crippen LogP contribution in [-0.4, -0.2) is 55.6 Å². The van der Waals surface area contributed by atoms with Crippen LogP contribution in [0.2, 0.25) is 0 Å². The Bertz CT molecular complexity index is 462. The Labute approximate surface area is 143 Å². The Morgan fingerprint density at radius 2 is 1.62 bits per heavy atom.